The zero-order chi connectivity index (χ0) is 12.2. The van der Waals surface area contributed by atoms with Crippen LogP contribution in [-0.4, -0.2) is 26.9 Å². The van der Waals surface area contributed by atoms with Crippen LogP contribution in [0.1, 0.15) is 0 Å². The number of nitrogen functional groups attached to an aromatic ring is 1. The summed E-state index contributed by atoms with van der Waals surface area (Å²) in [5.41, 5.74) is 10.6. The van der Waals surface area contributed by atoms with Crippen molar-refractivity contribution in [2.24, 2.45) is 5.73 Å². The van der Waals surface area contributed by atoms with Crippen molar-refractivity contribution < 1.29 is 17.9 Å². The third kappa shape index (κ3) is 3.43. The molecule has 0 bridgehead atoms. The Hall–Kier alpha value is -1.76. The average Bonchev–Trinajstić information content (AvgIpc) is 2.17. The second kappa shape index (κ2) is 4.84. The molecule has 16 heavy (non-hydrogen) atoms. The van der Waals surface area contributed by atoms with Crippen molar-refractivity contribution in [3.63, 3.8) is 0 Å². The fourth-order valence-electron chi connectivity index (χ4n) is 1.04. The molecule has 0 fully saturated rings. The molecular formula is C9H12N2O4S. The number of carbonyl (C=O) groups is 1. The number of ether oxygens (including phenoxy) is 1. The molecule has 7 heteroatoms. The summed E-state index contributed by atoms with van der Waals surface area (Å²) in [6.07, 6.45) is -0.993. The number of anilines is 1. The van der Waals surface area contributed by atoms with Crippen LogP contribution in [0.15, 0.2) is 29.2 Å². The Morgan fingerprint density at radius 2 is 1.81 bits per heavy atom. The van der Waals surface area contributed by atoms with Crippen LogP contribution in [0.25, 0.3) is 0 Å². The number of nitrogens with two attached hydrogens (primary N) is 2. The number of sulfone groups is 1. The van der Waals surface area contributed by atoms with E-state index in [1.165, 1.54) is 24.3 Å². The van der Waals surface area contributed by atoms with Gasteiger partial charge in [0.2, 0.25) is 0 Å². The van der Waals surface area contributed by atoms with E-state index < -0.39 is 15.9 Å². The van der Waals surface area contributed by atoms with Crippen LogP contribution in [0.5, 0.6) is 0 Å². The Morgan fingerprint density at radius 3 is 2.31 bits per heavy atom. The minimum absolute atomic E-state index is 0.134. The Labute approximate surface area is 93.1 Å². The van der Waals surface area contributed by atoms with Crippen molar-refractivity contribution in [1.82, 2.24) is 0 Å². The van der Waals surface area contributed by atoms with Gasteiger partial charge in [0.1, 0.15) is 6.61 Å². The number of benzene rings is 1. The van der Waals surface area contributed by atoms with E-state index in [1.54, 1.807) is 0 Å². The molecule has 0 radical (unpaired) electrons. The normalized spacial score (nSPS) is 11.0. The Balaban J connectivity index is 2.71. The first-order valence-corrected chi connectivity index (χ1v) is 6.07. The van der Waals surface area contributed by atoms with Gasteiger partial charge in [-0.3, -0.25) is 0 Å². The van der Waals surface area contributed by atoms with Gasteiger partial charge in [0.05, 0.1) is 10.6 Å². The second-order valence-electron chi connectivity index (χ2n) is 3.06. The van der Waals surface area contributed by atoms with Gasteiger partial charge in [0.25, 0.3) is 0 Å². The molecule has 4 N–H and O–H groups in total. The van der Waals surface area contributed by atoms with Crippen molar-refractivity contribution >= 4 is 21.6 Å². The maximum Gasteiger partial charge on any atom is 0.404 e. The smallest absolute Gasteiger partial charge is 0.404 e. The molecule has 0 aliphatic heterocycles. The quantitative estimate of drug-likeness (QED) is 0.731. The van der Waals surface area contributed by atoms with E-state index >= 15 is 0 Å². The molecule has 0 aliphatic carbocycles. The first-order valence-electron chi connectivity index (χ1n) is 4.42. The predicted molar refractivity (Wildman–Crippen MR) is 58.4 cm³/mol. The minimum Gasteiger partial charge on any atom is -0.449 e. The predicted octanol–water partition coefficient (Wildman–Crippen LogP) is 0.138. The van der Waals surface area contributed by atoms with Gasteiger partial charge < -0.3 is 16.2 Å². The highest BCUT2D eigenvalue weighted by atomic mass is 32.2. The maximum atomic E-state index is 11.7. The van der Waals surface area contributed by atoms with E-state index in [1.807, 2.05) is 0 Å². The first-order chi connectivity index (χ1) is 7.42. The molecule has 1 rings (SSSR count). The molecule has 1 aromatic rings. The van der Waals surface area contributed by atoms with E-state index in [0.717, 1.165) is 0 Å². The molecule has 6 nitrogen and oxygen atoms in total. The summed E-state index contributed by atoms with van der Waals surface area (Å²) in [6.45, 7) is -0.262. The Morgan fingerprint density at radius 1 is 1.25 bits per heavy atom. The standard InChI is InChI=1S/C9H12N2O4S/c10-7-1-3-8(4-2-7)16(13,14)6-5-15-9(11)12/h1-4H,5-6,10H2,(H2,11,12). The topological polar surface area (TPSA) is 112 Å². The van der Waals surface area contributed by atoms with Crippen molar-refractivity contribution in [2.45, 2.75) is 4.90 Å². The van der Waals surface area contributed by atoms with Gasteiger partial charge in [-0.05, 0) is 24.3 Å². The van der Waals surface area contributed by atoms with Gasteiger partial charge in [0, 0.05) is 5.69 Å². The zero-order valence-corrected chi connectivity index (χ0v) is 9.24. The fraction of sp³-hybridized carbons (Fsp3) is 0.222. The van der Waals surface area contributed by atoms with Crippen LogP contribution in [0.2, 0.25) is 0 Å². The van der Waals surface area contributed by atoms with Gasteiger partial charge in [-0.1, -0.05) is 0 Å². The monoisotopic (exact) mass is 244 g/mol. The van der Waals surface area contributed by atoms with Crippen LogP contribution in [0.3, 0.4) is 0 Å². The molecular weight excluding hydrogens is 232 g/mol. The Kier molecular flexibility index (Phi) is 3.73. The van der Waals surface area contributed by atoms with Crippen molar-refractivity contribution in [3.8, 4) is 0 Å². The Bertz CT molecular complexity index is 467. The van der Waals surface area contributed by atoms with Crippen LogP contribution >= 0.6 is 0 Å². The molecule has 1 aromatic carbocycles. The third-order valence-corrected chi connectivity index (χ3v) is 3.53. The van der Waals surface area contributed by atoms with Crippen LogP contribution in [0.4, 0.5) is 10.5 Å². The number of hydrogen-bond donors (Lipinski definition) is 2. The highest BCUT2D eigenvalue weighted by Crippen LogP contribution is 2.13. The molecule has 0 aromatic heterocycles. The molecule has 0 aliphatic rings. The fourth-order valence-corrected chi connectivity index (χ4v) is 2.13. The summed E-state index contributed by atoms with van der Waals surface area (Å²) in [7, 11) is -3.46. The van der Waals surface area contributed by atoms with Crippen molar-refractivity contribution in [3.05, 3.63) is 24.3 Å². The van der Waals surface area contributed by atoms with E-state index in [4.69, 9.17) is 11.5 Å². The average molecular weight is 244 g/mol. The summed E-state index contributed by atoms with van der Waals surface area (Å²) < 4.78 is 27.7. The van der Waals surface area contributed by atoms with Crippen LogP contribution in [0, 0.1) is 0 Å². The minimum atomic E-state index is -3.46. The van der Waals surface area contributed by atoms with Gasteiger partial charge >= 0.3 is 6.09 Å². The zero-order valence-electron chi connectivity index (χ0n) is 8.42. The molecule has 0 atom stereocenters. The second-order valence-corrected chi connectivity index (χ2v) is 5.16. The van der Waals surface area contributed by atoms with Gasteiger partial charge in [-0.15, -0.1) is 0 Å². The van der Waals surface area contributed by atoms with Crippen LogP contribution < -0.4 is 11.5 Å². The third-order valence-electron chi connectivity index (χ3n) is 1.84. The molecule has 0 saturated carbocycles. The summed E-state index contributed by atoms with van der Waals surface area (Å²) >= 11 is 0. The number of rotatable bonds is 4. The molecule has 0 unspecified atom stereocenters. The van der Waals surface area contributed by atoms with Crippen molar-refractivity contribution in [2.75, 3.05) is 18.1 Å². The summed E-state index contributed by atoms with van der Waals surface area (Å²) in [4.78, 5) is 10.4. The molecule has 0 spiro atoms. The van der Waals surface area contributed by atoms with E-state index in [2.05, 4.69) is 4.74 Å². The SMILES string of the molecule is NC(=O)OCCS(=O)(=O)c1ccc(N)cc1. The summed E-state index contributed by atoms with van der Waals surface area (Å²) in [6, 6.07) is 5.77. The van der Waals surface area contributed by atoms with Crippen LogP contribution in [-0.2, 0) is 14.6 Å². The first kappa shape index (κ1) is 12.3. The highest BCUT2D eigenvalue weighted by molar-refractivity contribution is 7.91. The highest BCUT2D eigenvalue weighted by Gasteiger charge is 2.14. The van der Waals surface area contributed by atoms with Gasteiger partial charge in [0.15, 0.2) is 9.84 Å². The molecule has 0 saturated heterocycles. The number of hydrogen-bond acceptors (Lipinski definition) is 5. The lowest BCUT2D eigenvalue weighted by Gasteiger charge is -2.04. The molecule has 88 valence electrons. The van der Waals surface area contributed by atoms with E-state index in [-0.39, 0.29) is 17.3 Å². The summed E-state index contributed by atoms with van der Waals surface area (Å²) in [5, 5.41) is 0. The lowest BCUT2D eigenvalue weighted by molar-refractivity contribution is 0.163. The lowest BCUT2D eigenvalue weighted by Crippen LogP contribution is -2.19. The van der Waals surface area contributed by atoms with E-state index in [9.17, 15) is 13.2 Å². The number of primary amides is 1. The van der Waals surface area contributed by atoms with Gasteiger partial charge in [-0.2, -0.15) is 0 Å². The largest absolute Gasteiger partial charge is 0.449 e. The van der Waals surface area contributed by atoms with Gasteiger partial charge in [-0.25, -0.2) is 13.2 Å². The molecule has 1 amide bonds. The number of amides is 1. The van der Waals surface area contributed by atoms with E-state index in [0.29, 0.717) is 5.69 Å². The number of carbonyl (C=O) groups excluding carboxylic acids is 1. The van der Waals surface area contributed by atoms with Crippen molar-refractivity contribution in [1.29, 1.82) is 0 Å². The maximum absolute atomic E-state index is 11.7. The molecule has 0 heterocycles. The summed E-state index contributed by atoms with van der Waals surface area (Å²) in [5.74, 6) is -0.306. The lowest BCUT2D eigenvalue weighted by atomic mass is 10.3.